The Morgan fingerprint density at radius 2 is 1.71 bits per heavy atom. The quantitative estimate of drug-likeness (QED) is 0.170. The first-order valence-electron chi connectivity index (χ1n) is 13.0. The molecule has 1 aromatic heterocycles. The SMILES string of the molecule is COc1ccc(C(O)C[NH2+]CCCn2nc(Cc3ccc(F)cc3)c3ccccc3c2=O)c(OC)c1.O=C([O-])C(=O)O. The van der Waals surface area contributed by atoms with Crippen LogP contribution in [0.2, 0.25) is 0 Å². The fourth-order valence-electron chi connectivity index (χ4n) is 4.26. The summed E-state index contributed by atoms with van der Waals surface area (Å²) in [6.45, 7) is 1.63. The maximum Gasteiger partial charge on any atom is 0.351 e. The van der Waals surface area contributed by atoms with Gasteiger partial charge < -0.3 is 34.9 Å². The predicted molar refractivity (Wildman–Crippen MR) is 149 cm³/mol. The van der Waals surface area contributed by atoms with E-state index in [2.05, 4.69) is 5.10 Å². The van der Waals surface area contributed by atoms with Crippen LogP contribution in [0.1, 0.15) is 29.3 Å². The first-order valence-corrected chi connectivity index (χ1v) is 13.0. The number of aliphatic carboxylic acids is 2. The van der Waals surface area contributed by atoms with Crippen molar-refractivity contribution in [1.82, 2.24) is 9.78 Å². The highest BCUT2D eigenvalue weighted by atomic mass is 19.1. The zero-order valence-corrected chi connectivity index (χ0v) is 23.2. The third kappa shape index (κ3) is 8.59. The van der Waals surface area contributed by atoms with Gasteiger partial charge >= 0.3 is 5.97 Å². The number of rotatable bonds is 11. The smallest absolute Gasteiger partial charge is 0.351 e. The molecule has 4 N–H and O–H groups in total. The second-order valence-electron chi connectivity index (χ2n) is 9.21. The van der Waals surface area contributed by atoms with E-state index in [0.717, 1.165) is 16.6 Å². The summed E-state index contributed by atoms with van der Waals surface area (Å²) < 4.78 is 25.4. The van der Waals surface area contributed by atoms with Crippen LogP contribution < -0.4 is 25.5 Å². The third-order valence-corrected chi connectivity index (χ3v) is 6.37. The molecule has 1 unspecified atom stereocenters. The Kier molecular flexibility index (Phi) is 11.5. The van der Waals surface area contributed by atoms with Crippen molar-refractivity contribution in [2.24, 2.45) is 0 Å². The molecule has 0 bridgehead atoms. The summed E-state index contributed by atoms with van der Waals surface area (Å²) in [5.74, 6) is -3.05. The minimum absolute atomic E-state index is 0.128. The Labute approximate surface area is 240 Å². The first kappa shape index (κ1) is 31.7. The van der Waals surface area contributed by atoms with Crippen molar-refractivity contribution in [3.8, 4) is 11.5 Å². The molecule has 0 aliphatic carbocycles. The molecule has 42 heavy (non-hydrogen) atoms. The third-order valence-electron chi connectivity index (χ3n) is 6.37. The molecule has 222 valence electrons. The Morgan fingerprint density at radius 1 is 1.05 bits per heavy atom. The number of aliphatic hydroxyl groups excluding tert-OH is 1. The normalized spacial score (nSPS) is 11.3. The van der Waals surface area contributed by atoms with Gasteiger partial charge in [-0.2, -0.15) is 5.10 Å². The van der Waals surface area contributed by atoms with Crippen LogP contribution in [0.3, 0.4) is 0 Å². The van der Waals surface area contributed by atoms with Gasteiger partial charge in [-0.1, -0.05) is 30.3 Å². The van der Waals surface area contributed by atoms with Gasteiger partial charge in [0.05, 0.1) is 38.4 Å². The van der Waals surface area contributed by atoms with E-state index in [4.69, 9.17) is 29.3 Å². The average Bonchev–Trinajstić information content (AvgIpc) is 2.99. The van der Waals surface area contributed by atoms with E-state index < -0.39 is 18.0 Å². The lowest BCUT2D eigenvalue weighted by atomic mass is 10.0. The van der Waals surface area contributed by atoms with Crippen molar-refractivity contribution < 1.29 is 44.1 Å². The number of fused-ring (bicyclic) bond motifs is 1. The lowest BCUT2D eigenvalue weighted by Gasteiger charge is -2.15. The molecule has 0 radical (unpaired) electrons. The van der Waals surface area contributed by atoms with Gasteiger partial charge in [-0.15, -0.1) is 0 Å². The monoisotopic (exact) mass is 581 g/mol. The van der Waals surface area contributed by atoms with E-state index >= 15 is 0 Å². The number of hydrogen-bond acceptors (Lipinski definition) is 8. The van der Waals surface area contributed by atoms with Crippen molar-refractivity contribution in [3.63, 3.8) is 0 Å². The number of carbonyl (C=O) groups is 2. The molecule has 1 atom stereocenters. The largest absolute Gasteiger partial charge is 0.539 e. The Hall–Kier alpha value is -4.81. The van der Waals surface area contributed by atoms with Crippen molar-refractivity contribution in [2.45, 2.75) is 25.5 Å². The first-order chi connectivity index (χ1) is 20.1. The maximum absolute atomic E-state index is 13.3. The molecule has 0 amide bonds. The van der Waals surface area contributed by atoms with Gasteiger partial charge in [-0.25, -0.2) is 13.9 Å². The Balaban J connectivity index is 0.000000730. The molecule has 0 saturated heterocycles. The van der Waals surface area contributed by atoms with Crippen LogP contribution in [0.4, 0.5) is 4.39 Å². The van der Waals surface area contributed by atoms with E-state index in [1.54, 1.807) is 44.6 Å². The number of carboxylic acid groups (broad SMARTS) is 2. The molecular weight excluding hydrogens is 549 g/mol. The number of aryl methyl sites for hydroxylation is 1. The lowest BCUT2D eigenvalue weighted by molar-refractivity contribution is -0.662. The average molecular weight is 582 g/mol. The summed E-state index contributed by atoms with van der Waals surface area (Å²) in [5, 5.41) is 35.0. The van der Waals surface area contributed by atoms with Crippen LogP contribution >= 0.6 is 0 Å². The highest BCUT2D eigenvalue weighted by molar-refractivity contribution is 6.26. The van der Waals surface area contributed by atoms with Crippen molar-refractivity contribution >= 4 is 22.7 Å². The van der Waals surface area contributed by atoms with Gasteiger partial charge in [0, 0.05) is 29.9 Å². The number of benzene rings is 3. The van der Waals surface area contributed by atoms with E-state index in [-0.39, 0.29) is 11.4 Å². The topological polar surface area (TPSA) is 168 Å². The minimum atomic E-state index is -2.07. The van der Waals surface area contributed by atoms with Crippen LogP contribution in [-0.2, 0) is 22.6 Å². The fraction of sp³-hybridized carbons (Fsp3) is 0.267. The van der Waals surface area contributed by atoms with Gasteiger partial charge in [0.15, 0.2) is 5.97 Å². The summed E-state index contributed by atoms with van der Waals surface area (Å²) in [5.41, 5.74) is 2.28. The number of hydrogen-bond donors (Lipinski definition) is 3. The molecule has 0 aliphatic rings. The molecule has 4 aromatic rings. The summed E-state index contributed by atoms with van der Waals surface area (Å²) in [4.78, 5) is 31.1. The summed E-state index contributed by atoms with van der Waals surface area (Å²) >= 11 is 0. The zero-order valence-electron chi connectivity index (χ0n) is 23.2. The molecular formula is C30H32FN3O8. The molecule has 0 spiro atoms. The highest BCUT2D eigenvalue weighted by Gasteiger charge is 2.16. The highest BCUT2D eigenvalue weighted by Crippen LogP contribution is 2.28. The van der Waals surface area contributed by atoms with Crippen LogP contribution in [0.15, 0.2) is 71.5 Å². The van der Waals surface area contributed by atoms with Gasteiger partial charge in [0.1, 0.15) is 30.0 Å². The summed E-state index contributed by atoms with van der Waals surface area (Å²) in [7, 11) is 3.15. The van der Waals surface area contributed by atoms with Gasteiger partial charge in [-0.05, 0) is 35.9 Å². The number of methoxy groups -OCH3 is 2. The van der Waals surface area contributed by atoms with Crippen LogP contribution in [-0.4, -0.2) is 59.2 Å². The van der Waals surface area contributed by atoms with Crippen LogP contribution in [0.5, 0.6) is 11.5 Å². The second kappa shape index (κ2) is 15.3. The molecule has 11 nitrogen and oxygen atoms in total. The van der Waals surface area contributed by atoms with Crippen LogP contribution in [0.25, 0.3) is 10.8 Å². The van der Waals surface area contributed by atoms with E-state index in [9.17, 15) is 14.3 Å². The fourth-order valence-corrected chi connectivity index (χ4v) is 4.26. The maximum atomic E-state index is 13.3. The number of quaternary nitrogens is 1. The zero-order chi connectivity index (χ0) is 30.6. The van der Waals surface area contributed by atoms with Crippen molar-refractivity contribution in [1.29, 1.82) is 0 Å². The van der Waals surface area contributed by atoms with E-state index in [0.29, 0.717) is 54.9 Å². The summed E-state index contributed by atoms with van der Waals surface area (Å²) in [6.07, 6.45) is 0.506. The number of carbonyl (C=O) groups excluding carboxylic acids is 1. The van der Waals surface area contributed by atoms with Crippen LogP contribution in [0, 0.1) is 5.82 Å². The van der Waals surface area contributed by atoms with Gasteiger partial charge in [0.2, 0.25) is 0 Å². The lowest BCUT2D eigenvalue weighted by Crippen LogP contribution is -2.85. The minimum Gasteiger partial charge on any atom is -0.539 e. The molecule has 12 heteroatoms. The Bertz CT molecular complexity index is 1560. The summed E-state index contributed by atoms with van der Waals surface area (Å²) in [6, 6.07) is 19.1. The predicted octanol–water partition coefficient (Wildman–Crippen LogP) is 0.652. The van der Waals surface area contributed by atoms with E-state index in [1.807, 2.05) is 29.6 Å². The number of halogens is 1. The number of nitrogens with two attached hydrogens (primary N) is 1. The number of aromatic nitrogens is 2. The number of carboxylic acids is 2. The molecule has 0 fully saturated rings. The second-order valence-corrected chi connectivity index (χ2v) is 9.21. The van der Waals surface area contributed by atoms with E-state index in [1.165, 1.54) is 16.8 Å². The molecule has 0 saturated carbocycles. The molecule has 3 aromatic carbocycles. The van der Waals surface area contributed by atoms with Gasteiger partial charge in [-0.3, -0.25) is 4.79 Å². The Morgan fingerprint density at radius 3 is 2.33 bits per heavy atom. The number of ether oxygens (including phenoxy) is 2. The standard InChI is InChI=1S/C28H30FN3O4.C2H2O4/c1-35-21-12-13-24(27(17-21)36-2)26(33)18-30-14-5-15-32-28(34)23-7-4-3-6-22(23)25(31-32)16-19-8-10-20(29)11-9-19;3-1(4)2(5)6/h3-4,6-13,17,26,30,33H,5,14-16,18H2,1-2H3;(H,3,4)(H,5,6). The molecule has 1 heterocycles. The number of aliphatic hydroxyl groups is 1. The van der Waals surface area contributed by atoms with Gasteiger partial charge in [0.25, 0.3) is 5.56 Å². The molecule has 4 rings (SSSR count). The number of nitrogens with zero attached hydrogens (tertiary/aromatic N) is 2. The van der Waals surface area contributed by atoms with Crippen molar-refractivity contribution in [3.05, 3.63) is 99.7 Å². The molecule has 0 aliphatic heterocycles. The van der Waals surface area contributed by atoms with Crippen molar-refractivity contribution in [2.75, 3.05) is 27.3 Å².